The van der Waals surface area contributed by atoms with Gasteiger partial charge in [0.25, 0.3) is 0 Å². The molecule has 2 unspecified atom stereocenters. The van der Waals surface area contributed by atoms with Crippen LogP contribution in [0, 0.1) is 11.8 Å². The van der Waals surface area contributed by atoms with E-state index in [2.05, 4.69) is 23.5 Å². The van der Waals surface area contributed by atoms with Gasteiger partial charge in [-0.25, -0.2) is 4.68 Å². The predicted molar refractivity (Wildman–Crippen MR) is 157 cm³/mol. The highest BCUT2D eigenvalue weighted by molar-refractivity contribution is 8.02. The van der Waals surface area contributed by atoms with E-state index in [-0.39, 0.29) is 44.2 Å². The normalized spacial score (nSPS) is 29.0. The molecule has 220 valence electrons. The number of allylic oxidation sites excluding steroid dienone is 1. The summed E-state index contributed by atoms with van der Waals surface area (Å²) in [6.45, 7) is 11.7. The second-order valence-corrected chi connectivity index (χ2v) is 13.4. The zero-order valence-corrected chi connectivity index (χ0v) is 24.6. The molecule has 41 heavy (non-hydrogen) atoms. The molecule has 2 aromatic rings. The lowest BCUT2D eigenvalue weighted by molar-refractivity contribution is -0.156. The highest BCUT2D eigenvalue weighted by atomic mass is 32.2. The molecular formula is C30H39N5O5S. The number of thioether (sulfide) groups is 1. The van der Waals surface area contributed by atoms with E-state index in [4.69, 9.17) is 4.74 Å². The molecule has 10 nitrogen and oxygen atoms in total. The lowest BCUT2D eigenvalue weighted by atomic mass is 9.66. The molecule has 0 saturated carbocycles. The fourth-order valence-corrected chi connectivity index (χ4v) is 9.27. The van der Waals surface area contributed by atoms with Crippen LogP contribution in [0.5, 0.6) is 0 Å². The fraction of sp³-hybridized carbons (Fsp3) is 0.567. The van der Waals surface area contributed by atoms with Gasteiger partial charge in [0, 0.05) is 11.3 Å². The topological polar surface area (TPSA) is 118 Å². The average molecular weight is 582 g/mol. The van der Waals surface area contributed by atoms with Crippen LogP contribution in [0.15, 0.2) is 49.6 Å². The van der Waals surface area contributed by atoms with E-state index in [0.717, 1.165) is 24.8 Å². The Morgan fingerprint density at radius 3 is 2.78 bits per heavy atom. The predicted octanol–water partition coefficient (Wildman–Crippen LogP) is 3.17. The van der Waals surface area contributed by atoms with Gasteiger partial charge >= 0.3 is 5.97 Å². The number of nitrogens with zero attached hydrogens (tertiary/aromatic N) is 5. The maximum absolute atomic E-state index is 14.6. The number of carbonyl (C=O) groups is 3. The molecule has 11 heteroatoms. The molecule has 2 bridgehead atoms. The van der Waals surface area contributed by atoms with E-state index in [0.29, 0.717) is 18.4 Å². The summed E-state index contributed by atoms with van der Waals surface area (Å²) in [6, 6.07) is 6.06. The minimum absolute atomic E-state index is 0.121. The van der Waals surface area contributed by atoms with Gasteiger partial charge in [0.1, 0.15) is 18.2 Å². The molecule has 3 saturated heterocycles. The molecule has 0 aliphatic carbocycles. The van der Waals surface area contributed by atoms with Gasteiger partial charge < -0.3 is 19.6 Å². The standard InChI is InChI=1S/C30H39N5O5S/c1-5-7-8-11-17-40-28(39)24-23-26(37)35(20(3)18-36)25(30(23)15-14-29(24,4)41-30)27(38)33(16-6-2)19-34-22-13-10-9-12-21(22)31-32-34/h5-6,9-10,12-13,20,23-25,36H,1-2,7-8,11,14-19H2,3-4H3/t20-,23+,24-,25?,29+,30?/m1/s1. The third-order valence-electron chi connectivity index (χ3n) is 8.87. The fourth-order valence-electron chi connectivity index (χ4n) is 6.95. The molecule has 2 amide bonds. The van der Waals surface area contributed by atoms with Crippen molar-refractivity contribution in [2.45, 2.75) is 74.2 Å². The van der Waals surface area contributed by atoms with Gasteiger partial charge in [0.2, 0.25) is 11.8 Å². The summed E-state index contributed by atoms with van der Waals surface area (Å²) in [5.41, 5.74) is 1.50. The second-order valence-electron chi connectivity index (χ2n) is 11.5. The van der Waals surface area contributed by atoms with Crippen molar-refractivity contribution in [2.24, 2.45) is 11.8 Å². The van der Waals surface area contributed by atoms with E-state index in [1.165, 1.54) is 4.90 Å². The molecule has 1 spiro atoms. The largest absolute Gasteiger partial charge is 0.465 e. The van der Waals surface area contributed by atoms with Crippen molar-refractivity contribution in [1.29, 1.82) is 0 Å². The molecule has 5 rings (SSSR count). The van der Waals surface area contributed by atoms with Crippen LogP contribution in [0.25, 0.3) is 11.0 Å². The lowest BCUT2D eigenvalue weighted by Crippen LogP contribution is -2.57. The number of likely N-dealkylation sites (tertiary alicyclic amines) is 1. The highest BCUT2D eigenvalue weighted by Gasteiger charge is 2.78. The molecule has 0 radical (unpaired) electrons. The number of hydrogen-bond donors (Lipinski definition) is 1. The molecular weight excluding hydrogens is 542 g/mol. The van der Waals surface area contributed by atoms with E-state index < -0.39 is 33.4 Å². The summed E-state index contributed by atoms with van der Waals surface area (Å²) < 4.78 is 6.07. The van der Waals surface area contributed by atoms with Crippen LogP contribution >= 0.6 is 11.8 Å². The Morgan fingerprint density at radius 1 is 1.27 bits per heavy atom. The van der Waals surface area contributed by atoms with E-state index in [9.17, 15) is 19.5 Å². The summed E-state index contributed by atoms with van der Waals surface area (Å²) >= 11 is 1.59. The number of amides is 2. The van der Waals surface area contributed by atoms with E-state index >= 15 is 0 Å². The van der Waals surface area contributed by atoms with Crippen LogP contribution in [0.4, 0.5) is 0 Å². The van der Waals surface area contributed by atoms with E-state index in [1.54, 1.807) is 34.3 Å². The van der Waals surface area contributed by atoms with Crippen LogP contribution in [-0.2, 0) is 25.8 Å². The zero-order valence-electron chi connectivity index (χ0n) is 23.8. The SMILES string of the molecule is C=CCCCCOC(=O)[C@H]1[C@H]2C(=O)N([C@H](C)CO)C(C(=O)N(CC=C)Cn3nnc4ccccc43)C23CC[C@]1(C)S3. The lowest BCUT2D eigenvalue weighted by Gasteiger charge is -2.38. The smallest absolute Gasteiger partial charge is 0.311 e. The number of benzene rings is 1. The summed E-state index contributed by atoms with van der Waals surface area (Å²) in [7, 11) is 0. The van der Waals surface area contributed by atoms with Crippen molar-refractivity contribution >= 4 is 40.6 Å². The van der Waals surface area contributed by atoms with Crippen molar-refractivity contribution in [2.75, 3.05) is 19.8 Å². The molecule has 1 aromatic heterocycles. The van der Waals surface area contributed by atoms with Gasteiger partial charge in [-0.05, 0) is 58.1 Å². The Bertz CT molecular complexity index is 1350. The maximum atomic E-state index is 14.6. The average Bonchev–Trinajstić information content (AvgIpc) is 3.67. The third-order valence-corrected chi connectivity index (χ3v) is 10.9. The van der Waals surface area contributed by atoms with Crippen LogP contribution in [0.3, 0.4) is 0 Å². The number of rotatable bonds is 13. The first-order valence-corrected chi connectivity index (χ1v) is 15.1. The molecule has 3 fully saturated rings. The van der Waals surface area contributed by atoms with Crippen molar-refractivity contribution in [3.05, 3.63) is 49.6 Å². The summed E-state index contributed by atoms with van der Waals surface area (Å²) in [5, 5.41) is 18.6. The molecule has 1 N–H and O–H groups in total. The number of para-hydroxylation sites is 1. The van der Waals surface area contributed by atoms with Crippen LogP contribution in [0.1, 0.15) is 46.0 Å². The first-order chi connectivity index (χ1) is 19.7. The Balaban J connectivity index is 1.47. The number of aliphatic hydroxyl groups excluding tert-OH is 1. The summed E-state index contributed by atoms with van der Waals surface area (Å²) in [6.07, 6.45) is 7.24. The number of ether oxygens (including phenoxy) is 1. The van der Waals surface area contributed by atoms with Crippen molar-refractivity contribution in [1.82, 2.24) is 24.8 Å². The van der Waals surface area contributed by atoms with Gasteiger partial charge in [-0.2, -0.15) is 0 Å². The number of hydrogen-bond acceptors (Lipinski definition) is 8. The Hall–Kier alpha value is -3.18. The third kappa shape index (κ3) is 4.86. The van der Waals surface area contributed by atoms with Crippen LogP contribution in [0.2, 0.25) is 0 Å². The van der Waals surface area contributed by atoms with Crippen molar-refractivity contribution in [3.8, 4) is 0 Å². The maximum Gasteiger partial charge on any atom is 0.311 e. The van der Waals surface area contributed by atoms with E-state index in [1.807, 2.05) is 37.3 Å². The van der Waals surface area contributed by atoms with Gasteiger partial charge in [-0.15, -0.1) is 30.0 Å². The number of unbranched alkanes of at least 4 members (excludes halogenated alkanes) is 2. The minimum Gasteiger partial charge on any atom is -0.465 e. The Morgan fingerprint density at radius 2 is 2.05 bits per heavy atom. The van der Waals surface area contributed by atoms with Crippen LogP contribution < -0.4 is 0 Å². The van der Waals surface area contributed by atoms with Gasteiger partial charge in [-0.1, -0.05) is 29.5 Å². The number of aromatic nitrogens is 3. The summed E-state index contributed by atoms with van der Waals surface area (Å²) in [4.78, 5) is 45.5. The number of esters is 1. The molecule has 3 aliphatic rings. The minimum atomic E-state index is -0.853. The first-order valence-electron chi connectivity index (χ1n) is 14.3. The summed E-state index contributed by atoms with van der Waals surface area (Å²) in [5.74, 6) is -2.26. The highest BCUT2D eigenvalue weighted by Crippen LogP contribution is 2.71. The number of carbonyl (C=O) groups excluding carboxylic acids is 3. The van der Waals surface area contributed by atoms with Gasteiger partial charge in [-0.3, -0.25) is 14.4 Å². The molecule has 3 aliphatic heterocycles. The second kappa shape index (κ2) is 11.6. The van der Waals surface area contributed by atoms with Crippen LogP contribution in [-0.4, -0.2) is 89.0 Å². The monoisotopic (exact) mass is 581 g/mol. The Kier molecular flexibility index (Phi) is 8.29. The number of aliphatic hydroxyl groups is 1. The van der Waals surface area contributed by atoms with Crippen molar-refractivity contribution < 1.29 is 24.2 Å². The molecule has 4 heterocycles. The quantitative estimate of drug-likeness (QED) is 0.218. The van der Waals surface area contributed by atoms with Gasteiger partial charge in [0.05, 0.1) is 41.4 Å². The van der Waals surface area contributed by atoms with Crippen molar-refractivity contribution in [3.63, 3.8) is 0 Å². The number of fused-ring (bicyclic) bond motifs is 2. The zero-order chi connectivity index (χ0) is 29.4. The molecule has 6 atom stereocenters. The Labute approximate surface area is 244 Å². The first kappa shape index (κ1) is 29.3. The molecule has 1 aromatic carbocycles. The van der Waals surface area contributed by atoms with Gasteiger partial charge in [0.15, 0.2) is 0 Å².